The molecule has 0 saturated carbocycles. The molecule has 0 radical (unpaired) electrons. The van der Waals surface area contributed by atoms with Crippen molar-refractivity contribution in [2.45, 2.75) is 19.4 Å². The molecular formula is C22H28N4O3S. The minimum absolute atomic E-state index is 0.0218. The lowest BCUT2D eigenvalue weighted by atomic mass is 9.96. The van der Waals surface area contributed by atoms with Crippen LogP contribution >= 0.6 is 11.3 Å². The second kappa shape index (κ2) is 10.1. The number of thiazole rings is 1. The number of nitrogens with one attached hydrogen (secondary N) is 1. The van der Waals surface area contributed by atoms with Crippen LogP contribution in [-0.4, -0.2) is 72.5 Å². The third-order valence-corrected chi connectivity index (χ3v) is 6.72. The molecule has 160 valence electrons. The number of morpholine rings is 1. The van der Waals surface area contributed by atoms with Gasteiger partial charge in [0.1, 0.15) is 5.01 Å². The highest BCUT2D eigenvalue weighted by molar-refractivity contribution is 7.15. The number of piperidine rings is 1. The van der Waals surface area contributed by atoms with Gasteiger partial charge in [-0.2, -0.15) is 0 Å². The predicted molar refractivity (Wildman–Crippen MR) is 116 cm³/mol. The number of ether oxygens (including phenoxy) is 1. The van der Waals surface area contributed by atoms with E-state index in [1.807, 2.05) is 41.4 Å². The molecule has 0 spiro atoms. The van der Waals surface area contributed by atoms with Crippen LogP contribution in [0.3, 0.4) is 0 Å². The summed E-state index contributed by atoms with van der Waals surface area (Å²) in [4.78, 5) is 34.7. The van der Waals surface area contributed by atoms with Crippen molar-refractivity contribution in [2.75, 3.05) is 45.9 Å². The van der Waals surface area contributed by atoms with Crippen molar-refractivity contribution in [3.8, 4) is 10.6 Å². The third kappa shape index (κ3) is 5.44. The number of carbonyl (C=O) groups is 2. The minimum Gasteiger partial charge on any atom is -0.379 e. The number of hydrogen-bond donors (Lipinski definition) is 1. The number of aromatic nitrogens is 1. The van der Waals surface area contributed by atoms with Gasteiger partial charge >= 0.3 is 0 Å². The first-order valence-corrected chi connectivity index (χ1v) is 11.4. The second-order valence-corrected chi connectivity index (χ2v) is 8.86. The Hall–Kier alpha value is -2.29. The molecule has 2 aromatic rings. The first-order chi connectivity index (χ1) is 14.7. The zero-order chi connectivity index (χ0) is 20.8. The lowest BCUT2D eigenvalue weighted by molar-refractivity contribution is -0.138. The Bertz CT molecular complexity index is 851. The van der Waals surface area contributed by atoms with Gasteiger partial charge in [-0.3, -0.25) is 14.5 Å². The Labute approximate surface area is 181 Å². The van der Waals surface area contributed by atoms with E-state index in [9.17, 15) is 9.59 Å². The SMILES string of the molecule is O=C(NCc1cnc(-c2ccccc2)s1)C1CCC(=O)N(CCN2CCOCC2)C1. The molecule has 7 nitrogen and oxygen atoms in total. The van der Waals surface area contributed by atoms with Gasteiger partial charge in [-0.1, -0.05) is 30.3 Å². The minimum atomic E-state index is -0.145. The van der Waals surface area contributed by atoms with Crippen molar-refractivity contribution in [1.29, 1.82) is 0 Å². The summed E-state index contributed by atoms with van der Waals surface area (Å²) in [6, 6.07) is 10.0. The summed E-state index contributed by atoms with van der Waals surface area (Å²) < 4.78 is 5.37. The van der Waals surface area contributed by atoms with E-state index in [1.165, 1.54) is 0 Å². The van der Waals surface area contributed by atoms with Crippen molar-refractivity contribution in [3.05, 3.63) is 41.4 Å². The zero-order valence-corrected chi connectivity index (χ0v) is 17.9. The summed E-state index contributed by atoms with van der Waals surface area (Å²) in [5.41, 5.74) is 1.08. The smallest absolute Gasteiger partial charge is 0.225 e. The van der Waals surface area contributed by atoms with Crippen LogP contribution in [0, 0.1) is 5.92 Å². The van der Waals surface area contributed by atoms with Crippen molar-refractivity contribution < 1.29 is 14.3 Å². The van der Waals surface area contributed by atoms with Gasteiger partial charge in [0, 0.05) is 55.8 Å². The van der Waals surface area contributed by atoms with Crippen molar-refractivity contribution in [3.63, 3.8) is 0 Å². The second-order valence-electron chi connectivity index (χ2n) is 7.74. The van der Waals surface area contributed by atoms with Crippen LogP contribution in [-0.2, 0) is 20.9 Å². The van der Waals surface area contributed by atoms with Crippen LogP contribution in [0.5, 0.6) is 0 Å². The van der Waals surface area contributed by atoms with Gasteiger partial charge in [0.05, 0.1) is 25.7 Å². The molecule has 2 saturated heterocycles. The van der Waals surface area contributed by atoms with E-state index >= 15 is 0 Å². The van der Waals surface area contributed by atoms with Gasteiger partial charge < -0.3 is 15.0 Å². The summed E-state index contributed by atoms with van der Waals surface area (Å²) >= 11 is 1.59. The lowest BCUT2D eigenvalue weighted by Gasteiger charge is -2.34. The number of benzene rings is 1. The maximum Gasteiger partial charge on any atom is 0.225 e. The summed E-state index contributed by atoms with van der Waals surface area (Å²) in [7, 11) is 0. The molecule has 3 heterocycles. The molecule has 0 bridgehead atoms. The topological polar surface area (TPSA) is 74.8 Å². The molecule has 1 N–H and O–H groups in total. The fraction of sp³-hybridized carbons (Fsp3) is 0.500. The lowest BCUT2D eigenvalue weighted by Crippen LogP contribution is -2.49. The predicted octanol–water partition coefficient (Wildman–Crippen LogP) is 2.00. The number of carbonyl (C=O) groups excluding carboxylic acids is 2. The average molecular weight is 429 g/mol. The Balaban J connectivity index is 1.26. The maximum absolute atomic E-state index is 12.7. The molecule has 8 heteroatoms. The highest BCUT2D eigenvalue weighted by atomic mass is 32.1. The van der Waals surface area contributed by atoms with Crippen LogP contribution in [0.25, 0.3) is 10.6 Å². The molecule has 1 unspecified atom stereocenters. The van der Waals surface area contributed by atoms with Crippen molar-refractivity contribution in [1.82, 2.24) is 20.1 Å². The highest BCUT2D eigenvalue weighted by Gasteiger charge is 2.30. The van der Waals surface area contributed by atoms with E-state index in [0.717, 1.165) is 48.3 Å². The molecule has 1 aromatic carbocycles. The first kappa shape index (κ1) is 21.0. The Kier molecular flexibility index (Phi) is 7.09. The first-order valence-electron chi connectivity index (χ1n) is 10.5. The van der Waals surface area contributed by atoms with Gasteiger partial charge in [-0.15, -0.1) is 11.3 Å². The van der Waals surface area contributed by atoms with Crippen LogP contribution in [0.15, 0.2) is 36.5 Å². The van der Waals surface area contributed by atoms with Crippen molar-refractivity contribution >= 4 is 23.2 Å². The zero-order valence-electron chi connectivity index (χ0n) is 17.1. The molecule has 2 amide bonds. The number of likely N-dealkylation sites (tertiary alicyclic amines) is 1. The molecule has 2 fully saturated rings. The highest BCUT2D eigenvalue weighted by Crippen LogP contribution is 2.25. The molecular weight excluding hydrogens is 400 g/mol. The van der Waals surface area contributed by atoms with E-state index in [0.29, 0.717) is 32.5 Å². The van der Waals surface area contributed by atoms with Gasteiger partial charge in [0.15, 0.2) is 0 Å². The summed E-state index contributed by atoms with van der Waals surface area (Å²) in [5.74, 6) is 0.0321. The Morgan fingerprint density at radius 2 is 2.00 bits per heavy atom. The molecule has 0 aliphatic carbocycles. The molecule has 30 heavy (non-hydrogen) atoms. The molecule has 2 aliphatic rings. The van der Waals surface area contributed by atoms with Crippen LogP contribution in [0.2, 0.25) is 0 Å². The third-order valence-electron chi connectivity index (χ3n) is 5.67. The molecule has 1 aromatic heterocycles. The van der Waals surface area contributed by atoms with Crippen LogP contribution in [0.4, 0.5) is 0 Å². The molecule has 1 atom stereocenters. The number of hydrogen-bond acceptors (Lipinski definition) is 6. The van der Waals surface area contributed by atoms with E-state index in [4.69, 9.17) is 4.74 Å². The van der Waals surface area contributed by atoms with Crippen LogP contribution < -0.4 is 5.32 Å². The number of amides is 2. The summed E-state index contributed by atoms with van der Waals surface area (Å²) in [6.07, 6.45) is 2.89. The van der Waals surface area contributed by atoms with Crippen LogP contribution in [0.1, 0.15) is 17.7 Å². The monoisotopic (exact) mass is 428 g/mol. The van der Waals surface area contributed by atoms with E-state index in [1.54, 1.807) is 11.3 Å². The van der Waals surface area contributed by atoms with Gasteiger partial charge in [0.25, 0.3) is 0 Å². The number of rotatable bonds is 7. The van der Waals surface area contributed by atoms with E-state index in [-0.39, 0.29) is 17.7 Å². The maximum atomic E-state index is 12.7. The fourth-order valence-electron chi connectivity index (χ4n) is 3.85. The molecule has 2 aliphatic heterocycles. The van der Waals surface area contributed by atoms with Gasteiger partial charge in [-0.05, 0) is 6.42 Å². The van der Waals surface area contributed by atoms with E-state index in [2.05, 4.69) is 15.2 Å². The summed E-state index contributed by atoms with van der Waals surface area (Å²) in [5, 5.41) is 4.00. The van der Waals surface area contributed by atoms with Gasteiger partial charge in [-0.25, -0.2) is 4.98 Å². The normalized spacial score (nSPS) is 20.3. The standard InChI is InChI=1S/C22H28N4O3S/c27-20-7-6-18(16-26(20)9-8-25-10-12-29-13-11-25)21(28)23-14-19-15-24-22(30-19)17-4-2-1-3-5-17/h1-5,15,18H,6-14,16H2,(H,23,28). The quantitative estimate of drug-likeness (QED) is 0.730. The average Bonchev–Trinajstić information content (AvgIpc) is 3.27. The molecule has 4 rings (SSSR count). The summed E-state index contributed by atoms with van der Waals surface area (Å²) in [6.45, 7) is 5.82. The van der Waals surface area contributed by atoms with E-state index < -0.39 is 0 Å². The van der Waals surface area contributed by atoms with Gasteiger partial charge in [0.2, 0.25) is 11.8 Å². The van der Waals surface area contributed by atoms with Crippen molar-refractivity contribution in [2.24, 2.45) is 5.92 Å². The Morgan fingerprint density at radius 3 is 2.80 bits per heavy atom. The Morgan fingerprint density at radius 1 is 1.20 bits per heavy atom. The largest absolute Gasteiger partial charge is 0.379 e. The number of nitrogens with zero attached hydrogens (tertiary/aromatic N) is 3. The fourth-order valence-corrected chi connectivity index (χ4v) is 4.71.